The average molecular weight is 367 g/mol. The monoisotopic (exact) mass is 367 g/mol. The van der Waals surface area contributed by atoms with Crippen LogP contribution in [0, 0.1) is 6.92 Å². The zero-order valence-corrected chi connectivity index (χ0v) is 14.9. The molecule has 3 aromatic rings. The molecular formula is C18H16BN2O4S. The molecule has 0 unspecified atom stereocenters. The van der Waals surface area contributed by atoms with Gasteiger partial charge >= 0.3 is 13.6 Å². The van der Waals surface area contributed by atoms with Crippen LogP contribution in [-0.2, 0) is 25.9 Å². The molecular weight excluding hydrogens is 351 g/mol. The molecule has 4 rings (SSSR count). The quantitative estimate of drug-likeness (QED) is 0.717. The topological polar surface area (TPSA) is 79.5 Å². The second kappa shape index (κ2) is 6.30. The largest absolute Gasteiger partial charge is 0.520 e. The molecule has 0 saturated carbocycles. The Hall–Kier alpha value is -2.58. The Morgan fingerprint density at radius 1 is 1.15 bits per heavy atom. The van der Waals surface area contributed by atoms with Crippen molar-refractivity contribution in [2.24, 2.45) is 0 Å². The van der Waals surface area contributed by atoms with E-state index >= 15 is 0 Å². The van der Waals surface area contributed by atoms with Crippen LogP contribution in [0.5, 0.6) is 0 Å². The van der Waals surface area contributed by atoms with Crippen LogP contribution in [0.2, 0.25) is 0 Å². The maximum atomic E-state index is 12.9. The first-order valence-corrected chi connectivity index (χ1v) is 9.60. The van der Waals surface area contributed by atoms with Gasteiger partial charge in [0, 0.05) is 23.5 Å². The second-order valence-corrected chi connectivity index (χ2v) is 8.11. The van der Waals surface area contributed by atoms with Crippen LogP contribution >= 0.6 is 0 Å². The van der Waals surface area contributed by atoms with Gasteiger partial charge in [-0.15, -0.1) is 0 Å². The Bertz CT molecular complexity index is 1080. The number of benzene rings is 2. The first-order chi connectivity index (χ1) is 12.5. The van der Waals surface area contributed by atoms with E-state index in [0.29, 0.717) is 0 Å². The second-order valence-electron chi connectivity index (χ2n) is 6.27. The molecule has 2 heterocycles. The SMILES string of the molecule is Cc1ccc(S(=O)(=O)N2[B]OC(=O)[C@@H]2Cc2c[nH]c3ccccc23)cc1. The number of nitrogens with one attached hydrogen (secondary N) is 1. The molecule has 0 spiro atoms. The van der Waals surface area contributed by atoms with Crippen LogP contribution in [0.15, 0.2) is 59.6 Å². The Balaban J connectivity index is 1.68. The van der Waals surface area contributed by atoms with Gasteiger partial charge in [-0.25, -0.2) is 8.42 Å². The highest BCUT2D eigenvalue weighted by molar-refractivity contribution is 7.90. The minimum Gasteiger partial charge on any atom is -0.520 e. The summed E-state index contributed by atoms with van der Waals surface area (Å²) in [7, 11) is -2.88. The molecule has 0 amide bonds. The molecule has 1 aliphatic rings. The fraction of sp³-hybridized carbons (Fsp3) is 0.167. The summed E-state index contributed by atoms with van der Waals surface area (Å²) < 4.78 is 31.9. The number of aryl methyl sites for hydroxylation is 1. The molecule has 6 nitrogen and oxygen atoms in total. The van der Waals surface area contributed by atoms with Crippen LogP contribution < -0.4 is 0 Å². The first kappa shape index (κ1) is 16.9. The molecule has 1 fully saturated rings. The van der Waals surface area contributed by atoms with Crippen LogP contribution in [0.3, 0.4) is 0 Å². The summed E-state index contributed by atoms with van der Waals surface area (Å²) in [4.78, 5) is 15.5. The van der Waals surface area contributed by atoms with Crippen molar-refractivity contribution < 1.29 is 17.9 Å². The van der Waals surface area contributed by atoms with Gasteiger partial charge in [0.05, 0.1) is 4.90 Å². The highest BCUT2D eigenvalue weighted by atomic mass is 32.2. The van der Waals surface area contributed by atoms with Gasteiger partial charge in [-0.3, -0.25) is 4.79 Å². The fourth-order valence-electron chi connectivity index (χ4n) is 3.10. The van der Waals surface area contributed by atoms with Crippen molar-refractivity contribution in [3.8, 4) is 0 Å². The standard InChI is InChI=1S/C18H16BN2O4S/c1-12-6-8-14(9-7-12)26(23,24)21-17(18(22)25-19-21)10-13-11-20-16-5-3-2-4-15(13)16/h2-9,11,17,20H,10H2,1H3/t17-/m0/s1. The van der Waals surface area contributed by atoms with E-state index in [4.69, 9.17) is 4.65 Å². The number of hydrogen-bond acceptors (Lipinski definition) is 4. The van der Waals surface area contributed by atoms with Gasteiger partial charge in [0.1, 0.15) is 6.04 Å². The van der Waals surface area contributed by atoms with Crippen molar-refractivity contribution in [3.63, 3.8) is 0 Å². The molecule has 0 bridgehead atoms. The van der Waals surface area contributed by atoms with E-state index < -0.39 is 22.0 Å². The zero-order valence-electron chi connectivity index (χ0n) is 14.0. The van der Waals surface area contributed by atoms with Crippen molar-refractivity contribution in [2.75, 3.05) is 0 Å². The smallest absolute Gasteiger partial charge is 0.498 e. The van der Waals surface area contributed by atoms with E-state index in [0.717, 1.165) is 33.9 Å². The van der Waals surface area contributed by atoms with Gasteiger partial charge in [-0.2, -0.15) is 4.22 Å². The number of carbonyl (C=O) groups is 1. The Kier molecular flexibility index (Phi) is 4.09. The Morgan fingerprint density at radius 2 is 1.88 bits per heavy atom. The number of para-hydroxylation sites is 1. The van der Waals surface area contributed by atoms with Gasteiger partial charge in [0.15, 0.2) is 0 Å². The molecule has 1 atom stereocenters. The lowest BCUT2D eigenvalue weighted by atomic mass is 10.0. The van der Waals surface area contributed by atoms with Crippen LogP contribution in [0.4, 0.5) is 0 Å². The third-order valence-electron chi connectivity index (χ3n) is 4.54. The molecule has 131 valence electrons. The highest BCUT2D eigenvalue weighted by Crippen LogP contribution is 2.27. The average Bonchev–Trinajstić information content (AvgIpc) is 3.21. The summed E-state index contributed by atoms with van der Waals surface area (Å²) >= 11 is 0. The van der Waals surface area contributed by atoms with E-state index in [1.807, 2.05) is 31.2 Å². The third-order valence-corrected chi connectivity index (χ3v) is 6.30. The predicted octanol–water partition coefficient (Wildman–Crippen LogP) is 2.17. The summed E-state index contributed by atoms with van der Waals surface area (Å²) in [5.41, 5.74) is 2.75. The van der Waals surface area contributed by atoms with E-state index in [2.05, 4.69) is 4.98 Å². The maximum absolute atomic E-state index is 12.9. The minimum atomic E-state index is -3.87. The molecule has 1 radical (unpaired) electrons. The van der Waals surface area contributed by atoms with Crippen LogP contribution in [0.25, 0.3) is 10.9 Å². The molecule has 0 aliphatic carbocycles. The molecule has 1 N–H and O–H groups in total. The van der Waals surface area contributed by atoms with E-state index in [9.17, 15) is 13.2 Å². The van der Waals surface area contributed by atoms with Crippen LogP contribution in [-0.4, -0.2) is 37.2 Å². The third kappa shape index (κ3) is 2.81. The minimum absolute atomic E-state index is 0.126. The number of fused-ring (bicyclic) bond motifs is 1. The van der Waals surface area contributed by atoms with Crippen molar-refractivity contribution in [1.82, 2.24) is 9.20 Å². The van der Waals surface area contributed by atoms with E-state index in [1.165, 1.54) is 12.1 Å². The number of aromatic nitrogens is 1. The Morgan fingerprint density at radius 3 is 2.65 bits per heavy atom. The lowest BCUT2D eigenvalue weighted by molar-refractivity contribution is -0.134. The number of H-pyrrole nitrogens is 1. The number of hydrogen-bond donors (Lipinski definition) is 1. The van der Waals surface area contributed by atoms with Gasteiger partial charge in [0.2, 0.25) is 10.0 Å². The summed E-state index contributed by atoms with van der Waals surface area (Å²) in [6, 6.07) is 13.3. The molecule has 1 aromatic heterocycles. The van der Waals surface area contributed by atoms with Crippen molar-refractivity contribution >= 4 is 34.5 Å². The summed E-state index contributed by atoms with van der Waals surface area (Å²) in [5.74, 6) is -0.578. The Labute approximate surface area is 152 Å². The number of carbonyl (C=O) groups excluding carboxylic acids is 1. The van der Waals surface area contributed by atoms with Crippen molar-refractivity contribution in [1.29, 1.82) is 0 Å². The van der Waals surface area contributed by atoms with Crippen molar-refractivity contribution in [2.45, 2.75) is 24.3 Å². The summed E-state index contributed by atoms with van der Waals surface area (Å²) in [5, 5.41) is 0.958. The normalized spacial score (nSPS) is 18.0. The first-order valence-electron chi connectivity index (χ1n) is 8.16. The molecule has 26 heavy (non-hydrogen) atoms. The lowest BCUT2D eigenvalue weighted by Gasteiger charge is -2.19. The maximum Gasteiger partial charge on any atom is 0.498 e. The molecule has 2 aromatic carbocycles. The number of nitrogens with zero attached hydrogens (tertiary/aromatic N) is 1. The van der Waals surface area contributed by atoms with Gasteiger partial charge in [0.25, 0.3) is 0 Å². The number of rotatable bonds is 4. The van der Waals surface area contributed by atoms with Gasteiger partial charge < -0.3 is 9.64 Å². The van der Waals surface area contributed by atoms with Gasteiger partial charge in [-0.05, 0) is 30.7 Å². The summed E-state index contributed by atoms with van der Waals surface area (Å²) in [6.07, 6.45) is 2.03. The molecule has 8 heteroatoms. The highest BCUT2D eigenvalue weighted by Gasteiger charge is 2.44. The predicted molar refractivity (Wildman–Crippen MR) is 97.8 cm³/mol. The van der Waals surface area contributed by atoms with E-state index in [1.54, 1.807) is 18.3 Å². The summed E-state index contributed by atoms with van der Waals surface area (Å²) in [6.45, 7) is 1.88. The number of sulfonamides is 1. The fourth-order valence-corrected chi connectivity index (χ4v) is 4.47. The van der Waals surface area contributed by atoms with Crippen molar-refractivity contribution in [3.05, 3.63) is 65.9 Å². The molecule has 1 aliphatic heterocycles. The lowest BCUT2D eigenvalue weighted by Crippen LogP contribution is -2.40. The van der Waals surface area contributed by atoms with Gasteiger partial charge in [-0.1, -0.05) is 35.9 Å². The zero-order chi connectivity index (χ0) is 18.3. The van der Waals surface area contributed by atoms with Crippen LogP contribution in [0.1, 0.15) is 11.1 Å². The number of aromatic amines is 1. The molecule has 1 saturated heterocycles. The van der Waals surface area contributed by atoms with E-state index in [-0.39, 0.29) is 11.3 Å².